The molecule has 2 unspecified atom stereocenters. The van der Waals surface area contributed by atoms with Gasteiger partial charge in [-0.05, 0) is 44.8 Å². The summed E-state index contributed by atoms with van der Waals surface area (Å²) in [6.07, 6.45) is 7.85. The van der Waals surface area contributed by atoms with Gasteiger partial charge < -0.3 is 4.90 Å². The molecule has 1 aliphatic heterocycles. The van der Waals surface area contributed by atoms with E-state index in [0.717, 1.165) is 11.3 Å². The van der Waals surface area contributed by atoms with Crippen LogP contribution in [-0.2, 0) is 11.2 Å². The highest BCUT2D eigenvalue weighted by Crippen LogP contribution is 2.33. The largest absolute Gasteiger partial charge is 0.341 e. The average molecular weight is 412 g/mol. The summed E-state index contributed by atoms with van der Waals surface area (Å²) in [5.74, 6) is 0.177. The van der Waals surface area contributed by atoms with Crippen molar-refractivity contribution in [3.05, 3.63) is 20.3 Å². The molecule has 0 aromatic carbocycles. The normalized spacial score (nSPS) is 24.6. The van der Waals surface area contributed by atoms with Gasteiger partial charge in [-0.3, -0.25) is 9.69 Å². The summed E-state index contributed by atoms with van der Waals surface area (Å²) in [4.78, 5) is 18.3. The van der Waals surface area contributed by atoms with Gasteiger partial charge >= 0.3 is 0 Å². The van der Waals surface area contributed by atoms with E-state index in [2.05, 4.69) is 4.90 Å². The number of amides is 1. The molecule has 2 fully saturated rings. The van der Waals surface area contributed by atoms with Crippen LogP contribution in [0.3, 0.4) is 0 Å². The van der Waals surface area contributed by atoms with E-state index in [1.807, 2.05) is 18.0 Å². The first-order chi connectivity index (χ1) is 11.1. The van der Waals surface area contributed by atoms with E-state index >= 15 is 0 Å². The standard InChI is InChI=1S/C17H24Cl2N2OS.ClH/c1-20(16(22)11-12-10-13(18)17(19)23-12)14-6-2-3-7-15(14)21-8-4-5-9-21;/h10,14-15H,2-9,11H2,1H3;1H. The molecule has 1 aromatic heterocycles. The minimum atomic E-state index is 0. The van der Waals surface area contributed by atoms with Crippen LogP contribution in [0, 0.1) is 0 Å². The molecule has 1 saturated heterocycles. The van der Waals surface area contributed by atoms with Gasteiger partial charge in [0, 0.05) is 24.0 Å². The van der Waals surface area contributed by atoms with Crippen molar-refractivity contribution >= 4 is 52.9 Å². The van der Waals surface area contributed by atoms with Gasteiger partial charge in [0.05, 0.1) is 11.4 Å². The third-order valence-corrected chi connectivity index (χ3v) is 7.08. The summed E-state index contributed by atoms with van der Waals surface area (Å²) in [7, 11) is 1.97. The van der Waals surface area contributed by atoms with E-state index in [0.29, 0.717) is 27.9 Å². The number of hydrogen-bond acceptors (Lipinski definition) is 3. The maximum Gasteiger partial charge on any atom is 0.227 e. The van der Waals surface area contributed by atoms with Crippen molar-refractivity contribution in [3.63, 3.8) is 0 Å². The summed E-state index contributed by atoms with van der Waals surface area (Å²) in [5, 5.41) is 0.551. The van der Waals surface area contributed by atoms with Gasteiger partial charge in [-0.15, -0.1) is 23.7 Å². The van der Waals surface area contributed by atoms with Crippen molar-refractivity contribution in [3.8, 4) is 0 Å². The summed E-state index contributed by atoms with van der Waals surface area (Å²) < 4.78 is 0.574. The number of likely N-dealkylation sites (tertiary alicyclic amines) is 1. The zero-order chi connectivity index (χ0) is 16.4. The summed E-state index contributed by atoms with van der Waals surface area (Å²) >= 11 is 13.4. The molecule has 0 bridgehead atoms. The molecule has 3 nitrogen and oxygen atoms in total. The second kappa shape index (κ2) is 9.09. The molecular formula is C17H25Cl3N2OS. The highest BCUT2D eigenvalue weighted by atomic mass is 35.5. The lowest BCUT2D eigenvalue weighted by atomic mass is 9.88. The fraction of sp³-hybridized carbons (Fsp3) is 0.706. The number of carbonyl (C=O) groups excluding carboxylic acids is 1. The fourth-order valence-corrected chi connectivity index (χ4v) is 5.40. The SMILES string of the molecule is CN(C(=O)Cc1cc(Cl)c(Cl)s1)C1CCCCC1N1CCCC1.Cl. The molecule has 1 amide bonds. The van der Waals surface area contributed by atoms with Crippen LogP contribution in [0.25, 0.3) is 0 Å². The third-order valence-electron chi connectivity index (χ3n) is 5.22. The van der Waals surface area contributed by atoms with E-state index in [1.165, 1.54) is 56.5 Å². The number of hydrogen-bond donors (Lipinski definition) is 0. The molecule has 3 rings (SSSR count). The Kier molecular flexibility index (Phi) is 7.69. The van der Waals surface area contributed by atoms with Crippen LogP contribution >= 0.6 is 46.9 Å². The van der Waals surface area contributed by atoms with Crippen molar-refractivity contribution in [1.29, 1.82) is 0 Å². The topological polar surface area (TPSA) is 23.6 Å². The van der Waals surface area contributed by atoms with E-state index in [4.69, 9.17) is 23.2 Å². The van der Waals surface area contributed by atoms with Gasteiger partial charge in [0.25, 0.3) is 0 Å². The van der Waals surface area contributed by atoms with Gasteiger partial charge in [-0.2, -0.15) is 0 Å². The lowest BCUT2D eigenvalue weighted by molar-refractivity contribution is -0.133. The van der Waals surface area contributed by atoms with Crippen LogP contribution in [0.1, 0.15) is 43.4 Å². The Balaban J connectivity index is 0.00000208. The highest BCUT2D eigenvalue weighted by molar-refractivity contribution is 7.17. The minimum absolute atomic E-state index is 0. The molecule has 2 atom stereocenters. The monoisotopic (exact) mass is 410 g/mol. The Morgan fingerprint density at radius 1 is 1.25 bits per heavy atom. The maximum atomic E-state index is 12.7. The van der Waals surface area contributed by atoms with Gasteiger partial charge in [-0.1, -0.05) is 36.0 Å². The van der Waals surface area contributed by atoms with Crippen LogP contribution in [0.15, 0.2) is 6.07 Å². The molecule has 2 heterocycles. The van der Waals surface area contributed by atoms with Crippen molar-refractivity contribution in [2.24, 2.45) is 0 Å². The summed E-state index contributed by atoms with van der Waals surface area (Å²) in [5.41, 5.74) is 0. The third kappa shape index (κ3) is 4.59. The van der Waals surface area contributed by atoms with Gasteiger partial charge in [0.15, 0.2) is 0 Å². The van der Waals surface area contributed by atoms with Gasteiger partial charge in [0.2, 0.25) is 5.91 Å². The molecule has 0 spiro atoms. The first kappa shape index (κ1) is 20.3. The van der Waals surface area contributed by atoms with Crippen molar-refractivity contribution < 1.29 is 4.79 Å². The molecule has 0 N–H and O–H groups in total. The summed E-state index contributed by atoms with van der Waals surface area (Å²) in [6, 6.07) is 2.70. The molecule has 7 heteroatoms. The van der Waals surface area contributed by atoms with Crippen LogP contribution in [-0.4, -0.2) is 47.9 Å². The first-order valence-corrected chi connectivity index (χ1v) is 10.1. The molecule has 2 aliphatic rings. The summed E-state index contributed by atoms with van der Waals surface area (Å²) in [6.45, 7) is 2.39. The van der Waals surface area contributed by atoms with Crippen LogP contribution in [0.2, 0.25) is 9.36 Å². The predicted octanol–water partition coefficient (Wildman–Crippen LogP) is 4.88. The van der Waals surface area contributed by atoms with Crippen molar-refractivity contribution in [1.82, 2.24) is 9.80 Å². The smallest absolute Gasteiger partial charge is 0.227 e. The molecule has 0 radical (unpaired) electrons. The Morgan fingerprint density at radius 3 is 2.54 bits per heavy atom. The van der Waals surface area contributed by atoms with E-state index in [1.54, 1.807) is 0 Å². The van der Waals surface area contributed by atoms with Crippen molar-refractivity contribution in [2.45, 2.75) is 57.0 Å². The minimum Gasteiger partial charge on any atom is -0.341 e. The van der Waals surface area contributed by atoms with E-state index < -0.39 is 0 Å². The lowest BCUT2D eigenvalue weighted by Crippen LogP contribution is -2.53. The molecule has 1 aromatic rings. The van der Waals surface area contributed by atoms with Gasteiger partial charge in [0.1, 0.15) is 4.34 Å². The zero-order valence-corrected chi connectivity index (χ0v) is 17.1. The highest BCUT2D eigenvalue weighted by Gasteiger charge is 2.35. The van der Waals surface area contributed by atoms with Crippen LogP contribution < -0.4 is 0 Å². The fourth-order valence-electron chi connectivity index (χ4n) is 3.98. The van der Waals surface area contributed by atoms with Crippen LogP contribution in [0.5, 0.6) is 0 Å². The zero-order valence-electron chi connectivity index (χ0n) is 14.0. The average Bonchev–Trinajstić information content (AvgIpc) is 3.17. The molecule has 24 heavy (non-hydrogen) atoms. The van der Waals surface area contributed by atoms with Crippen molar-refractivity contribution in [2.75, 3.05) is 20.1 Å². The second-order valence-corrected chi connectivity index (χ2v) is 8.82. The van der Waals surface area contributed by atoms with Gasteiger partial charge in [-0.25, -0.2) is 0 Å². The molecular weight excluding hydrogens is 387 g/mol. The quantitative estimate of drug-likeness (QED) is 0.704. The Bertz CT molecular complexity index is 541. The number of carbonyl (C=O) groups is 1. The first-order valence-electron chi connectivity index (χ1n) is 8.49. The Labute approximate surface area is 164 Å². The number of halogens is 3. The van der Waals surface area contributed by atoms with Crippen LogP contribution in [0.4, 0.5) is 0 Å². The number of likely N-dealkylation sites (N-methyl/N-ethyl adjacent to an activating group) is 1. The predicted molar refractivity (Wildman–Crippen MR) is 105 cm³/mol. The molecule has 136 valence electrons. The van der Waals surface area contributed by atoms with E-state index in [9.17, 15) is 4.79 Å². The second-order valence-electron chi connectivity index (χ2n) is 6.68. The van der Waals surface area contributed by atoms with E-state index in [-0.39, 0.29) is 18.3 Å². The lowest BCUT2D eigenvalue weighted by Gasteiger charge is -2.42. The molecule has 1 saturated carbocycles. The molecule has 1 aliphatic carbocycles. The Morgan fingerprint density at radius 2 is 1.92 bits per heavy atom. The number of rotatable bonds is 4. The number of nitrogens with zero attached hydrogens (tertiary/aromatic N) is 2. The maximum absolute atomic E-state index is 12.7. The number of thiophene rings is 1. The Hall–Kier alpha value is -0.000000000000000111.